The van der Waals surface area contributed by atoms with Crippen LogP contribution < -0.4 is 0 Å². The van der Waals surface area contributed by atoms with Crippen molar-refractivity contribution in [1.29, 1.82) is 0 Å². The molecular formula is C11H10BrF3O2. The van der Waals surface area contributed by atoms with Gasteiger partial charge in [-0.1, -0.05) is 28.1 Å². The van der Waals surface area contributed by atoms with Crippen molar-refractivity contribution in [3.8, 4) is 0 Å². The minimum absolute atomic E-state index is 0.0338. The number of ether oxygens (including phenoxy) is 2. The first kappa shape index (κ1) is 12.9. The molecule has 1 aromatic rings. The van der Waals surface area contributed by atoms with E-state index in [4.69, 9.17) is 9.47 Å². The van der Waals surface area contributed by atoms with Crippen molar-refractivity contribution >= 4 is 15.9 Å². The molecule has 1 aliphatic rings. The minimum Gasteiger partial charge on any atom is -0.339 e. The zero-order chi connectivity index (χ0) is 12.5. The van der Waals surface area contributed by atoms with E-state index in [1.165, 1.54) is 18.2 Å². The zero-order valence-electron chi connectivity index (χ0n) is 8.76. The molecule has 0 saturated carbocycles. The van der Waals surface area contributed by atoms with Gasteiger partial charge < -0.3 is 9.47 Å². The molecule has 6 heteroatoms. The van der Waals surface area contributed by atoms with Crippen LogP contribution in [0.2, 0.25) is 0 Å². The van der Waals surface area contributed by atoms with E-state index in [2.05, 4.69) is 15.9 Å². The Balaban J connectivity index is 2.46. The lowest BCUT2D eigenvalue weighted by molar-refractivity contribution is -0.406. The summed E-state index contributed by atoms with van der Waals surface area (Å²) >= 11 is 3.14. The van der Waals surface area contributed by atoms with Crippen LogP contribution in [0.5, 0.6) is 0 Å². The minimum atomic E-state index is -4.60. The molecule has 0 amide bonds. The first-order valence-electron chi connectivity index (χ1n) is 5.06. The van der Waals surface area contributed by atoms with Crippen molar-refractivity contribution in [1.82, 2.24) is 0 Å². The van der Waals surface area contributed by atoms with Crippen molar-refractivity contribution in [2.75, 3.05) is 13.2 Å². The van der Waals surface area contributed by atoms with Gasteiger partial charge in [-0.15, -0.1) is 0 Å². The molecule has 0 bridgehead atoms. The fraction of sp³-hybridized carbons (Fsp3) is 0.455. The van der Waals surface area contributed by atoms with E-state index in [1.807, 2.05) is 0 Å². The summed E-state index contributed by atoms with van der Waals surface area (Å²) in [5, 5.41) is 0. The van der Waals surface area contributed by atoms with E-state index >= 15 is 0 Å². The predicted octanol–water partition coefficient (Wildman–Crippen LogP) is 3.60. The van der Waals surface area contributed by atoms with Crippen LogP contribution in [0.1, 0.15) is 12.0 Å². The van der Waals surface area contributed by atoms with Gasteiger partial charge in [0.1, 0.15) is 0 Å². The van der Waals surface area contributed by atoms with E-state index in [1.54, 1.807) is 6.07 Å². The molecule has 1 aliphatic heterocycles. The molecular weight excluding hydrogens is 301 g/mol. The fourth-order valence-electron chi connectivity index (χ4n) is 1.72. The third-order valence-electron chi connectivity index (χ3n) is 2.48. The summed E-state index contributed by atoms with van der Waals surface area (Å²) < 4.78 is 49.8. The topological polar surface area (TPSA) is 18.5 Å². The lowest BCUT2D eigenvalue weighted by Gasteiger charge is -2.38. The Bertz CT molecular complexity index is 400. The molecule has 0 radical (unpaired) electrons. The first-order chi connectivity index (χ1) is 7.96. The van der Waals surface area contributed by atoms with Crippen LogP contribution in [0.3, 0.4) is 0 Å². The lowest BCUT2D eigenvalue weighted by atomic mass is 10.0. The molecule has 0 spiro atoms. The maximum atomic E-state index is 13.1. The third kappa shape index (κ3) is 2.34. The summed E-state index contributed by atoms with van der Waals surface area (Å²) in [4.78, 5) is 0. The molecule has 2 nitrogen and oxygen atoms in total. The van der Waals surface area contributed by atoms with Crippen LogP contribution in [0, 0.1) is 0 Å². The predicted molar refractivity (Wildman–Crippen MR) is 58.4 cm³/mol. The molecule has 0 aromatic heterocycles. The monoisotopic (exact) mass is 310 g/mol. The Morgan fingerprint density at radius 3 is 2.35 bits per heavy atom. The molecule has 2 rings (SSSR count). The van der Waals surface area contributed by atoms with Gasteiger partial charge in [-0.05, 0) is 18.6 Å². The van der Waals surface area contributed by atoms with E-state index in [9.17, 15) is 13.2 Å². The van der Waals surface area contributed by atoms with Gasteiger partial charge in [0.25, 0.3) is 5.79 Å². The Hall–Kier alpha value is -0.590. The number of hydrogen-bond donors (Lipinski definition) is 0. The molecule has 0 N–H and O–H groups in total. The van der Waals surface area contributed by atoms with Crippen LogP contribution in [-0.4, -0.2) is 19.4 Å². The second kappa shape index (κ2) is 4.59. The second-order valence-electron chi connectivity index (χ2n) is 3.68. The summed E-state index contributed by atoms with van der Waals surface area (Å²) in [6.45, 7) is 0.0675. The van der Waals surface area contributed by atoms with E-state index < -0.39 is 12.0 Å². The molecule has 17 heavy (non-hydrogen) atoms. The number of rotatable bonds is 1. The highest BCUT2D eigenvalue weighted by Crippen LogP contribution is 2.45. The second-order valence-corrected chi connectivity index (χ2v) is 4.59. The van der Waals surface area contributed by atoms with Gasteiger partial charge in [0.15, 0.2) is 0 Å². The highest BCUT2D eigenvalue weighted by molar-refractivity contribution is 9.10. The van der Waals surface area contributed by atoms with E-state index in [-0.39, 0.29) is 18.8 Å². The maximum Gasteiger partial charge on any atom is 0.448 e. The summed E-state index contributed by atoms with van der Waals surface area (Å²) in [6.07, 6.45) is -4.14. The maximum absolute atomic E-state index is 13.1. The van der Waals surface area contributed by atoms with Gasteiger partial charge in [0, 0.05) is 10.0 Å². The van der Waals surface area contributed by atoms with Crippen molar-refractivity contribution < 1.29 is 22.6 Å². The Labute approximate surface area is 105 Å². The number of alkyl halides is 3. The molecule has 0 unspecified atom stereocenters. The Morgan fingerprint density at radius 1 is 1.18 bits per heavy atom. The highest BCUT2D eigenvalue weighted by Gasteiger charge is 2.60. The molecule has 0 atom stereocenters. The number of benzene rings is 1. The summed E-state index contributed by atoms with van der Waals surface area (Å²) in [6, 6.07) is 5.88. The average molecular weight is 311 g/mol. The van der Waals surface area contributed by atoms with Crippen LogP contribution in [0.15, 0.2) is 28.7 Å². The van der Waals surface area contributed by atoms with Crippen molar-refractivity contribution in [2.45, 2.75) is 18.4 Å². The molecule has 94 valence electrons. The van der Waals surface area contributed by atoms with Gasteiger partial charge >= 0.3 is 6.18 Å². The summed E-state index contributed by atoms with van der Waals surface area (Å²) in [5.74, 6) is -2.63. The zero-order valence-corrected chi connectivity index (χ0v) is 10.3. The van der Waals surface area contributed by atoms with Crippen LogP contribution in [-0.2, 0) is 15.3 Å². The van der Waals surface area contributed by atoms with E-state index in [0.29, 0.717) is 10.9 Å². The smallest absolute Gasteiger partial charge is 0.339 e. The SMILES string of the molecule is FC(F)(F)C1(c2cccc(Br)c2)OCCCO1. The quantitative estimate of drug-likeness (QED) is 0.789. The third-order valence-corrected chi connectivity index (χ3v) is 2.97. The largest absolute Gasteiger partial charge is 0.448 e. The standard InChI is InChI=1S/C11H10BrF3O2/c12-9-4-1-3-8(7-9)10(11(13,14)15)16-5-2-6-17-10/h1,3-4,7H,2,5-6H2. The van der Waals surface area contributed by atoms with Gasteiger partial charge in [-0.25, -0.2) is 0 Å². The highest BCUT2D eigenvalue weighted by atomic mass is 79.9. The van der Waals surface area contributed by atoms with Gasteiger partial charge in [0.05, 0.1) is 13.2 Å². The van der Waals surface area contributed by atoms with Crippen molar-refractivity contribution in [3.05, 3.63) is 34.3 Å². The molecule has 1 saturated heterocycles. The molecule has 1 fully saturated rings. The van der Waals surface area contributed by atoms with Crippen LogP contribution in [0.25, 0.3) is 0 Å². The first-order valence-corrected chi connectivity index (χ1v) is 5.86. The average Bonchev–Trinajstić information content (AvgIpc) is 2.28. The number of hydrogen-bond acceptors (Lipinski definition) is 2. The molecule has 1 heterocycles. The lowest BCUT2D eigenvalue weighted by Crippen LogP contribution is -2.50. The van der Waals surface area contributed by atoms with Gasteiger partial charge in [0.2, 0.25) is 0 Å². The van der Waals surface area contributed by atoms with Crippen LogP contribution in [0.4, 0.5) is 13.2 Å². The van der Waals surface area contributed by atoms with Gasteiger partial charge in [-0.3, -0.25) is 0 Å². The fourth-order valence-corrected chi connectivity index (χ4v) is 2.12. The van der Waals surface area contributed by atoms with Crippen molar-refractivity contribution in [3.63, 3.8) is 0 Å². The summed E-state index contributed by atoms with van der Waals surface area (Å²) in [7, 11) is 0. The Kier molecular flexibility index (Phi) is 3.47. The van der Waals surface area contributed by atoms with E-state index in [0.717, 1.165) is 0 Å². The Morgan fingerprint density at radius 2 is 1.82 bits per heavy atom. The summed E-state index contributed by atoms with van der Waals surface area (Å²) in [5.41, 5.74) is -0.0425. The molecule has 0 aliphatic carbocycles. The normalized spacial score (nSPS) is 20.2. The van der Waals surface area contributed by atoms with Gasteiger partial charge in [-0.2, -0.15) is 13.2 Å². The van der Waals surface area contributed by atoms with Crippen LogP contribution >= 0.6 is 15.9 Å². The van der Waals surface area contributed by atoms with Crippen molar-refractivity contribution in [2.24, 2.45) is 0 Å². The number of halogens is 4. The molecule has 1 aromatic carbocycles.